The molecule has 3 nitrogen and oxygen atoms in total. The molecule has 2 rings (SSSR count). The van der Waals surface area contributed by atoms with E-state index in [9.17, 15) is 12.8 Å². The molecule has 118 valence electrons. The third-order valence-corrected chi connectivity index (χ3v) is 4.39. The van der Waals surface area contributed by atoms with E-state index in [0.29, 0.717) is 12.1 Å². The van der Waals surface area contributed by atoms with Crippen molar-refractivity contribution in [3.05, 3.63) is 71.0 Å². The van der Waals surface area contributed by atoms with E-state index in [4.69, 9.17) is 0 Å². The molecule has 5 heteroatoms. The number of nitrogens with one attached hydrogen (secondary N) is 1. The van der Waals surface area contributed by atoms with E-state index < -0.39 is 9.84 Å². The molecule has 0 aliphatic carbocycles. The van der Waals surface area contributed by atoms with Gasteiger partial charge in [0.1, 0.15) is 15.7 Å². The van der Waals surface area contributed by atoms with Crippen LogP contribution in [0, 0.1) is 12.7 Å². The van der Waals surface area contributed by atoms with Crippen LogP contribution in [0.3, 0.4) is 0 Å². The summed E-state index contributed by atoms with van der Waals surface area (Å²) in [6, 6.07) is 14.1. The first-order valence-electron chi connectivity index (χ1n) is 7.06. The summed E-state index contributed by atoms with van der Waals surface area (Å²) >= 11 is 0. The molecule has 0 fully saturated rings. The normalized spacial score (nSPS) is 13.0. The Labute approximate surface area is 131 Å². The molecule has 1 atom stereocenters. The molecular weight excluding hydrogens is 301 g/mol. The van der Waals surface area contributed by atoms with Crippen LogP contribution in [-0.4, -0.2) is 20.4 Å². The maximum absolute atomic E-state index is 13.3. The van der Waals surface area contributed by atoms with Crippen LogP contribution in [0.1, 0.15) is 22.7 Å². The third kappa shape index (κ3) is 4.93. The molecule has 0 bridgehead atoms. The molecular formula is C17H20FNO2S. The number of aryl methyl sites for hydroxylation is 1. The second kappa shape index (κ2) is 7.03. The Morgan fingerprint density at radius 2 is 1.82 bits per heavy atom. The molecule has 0 saturated heterocycles. The highest BCUT2D eigenvalue weighted by atomic mass is 32.2. The first kappa shape index (κ1) is 16.6. The first-order valence-corrected chi connectivity index (χ1v) is 9.12. The molecule has 0 unspecified atom stereocenters. The van der Waals surface area contributed by atoms with Crippen LogP contribution in [0.4, 0.5) is 4.39 Å². The molecule has 0 aliphatic heterocycles. The lowest BCUT2D eigenvalue weighted by molar-refractivity contribution is 0.550. The van der Waals surface area contributed by atoms with Gasteiger partial charge in [0, 0.05) is 18.8 Å². The Bertz CT molecular complexity index is 730. The van der Waals surface area contributed by atoms with Gasteiger partial charge in [0.2, 0.25) is 0 Å². The standard InChI is InChI=1S/C17H20FNO2S/c1-13-10-14(8-9-16(13)18)11-19-17(12-22(2,20)21)15-6-4-3-5-7-15/h3-10,17,19H,11-12H2,1-2H3/t17-/m0/s1. The molecule has 1 N–H and O–H groups in total. The summed E-state index contributed by atoms with van der Waals surface area (Å²) in [4.78, 5) is 0. The summed E-state index contributed by atoms with van der Waals surface area (Å²) in [5.74, 6) is -0.212. The average Bonchev–Trinajstić information content (AvgIpc) is 2.47. The van der Waals surface area contributed by atoms with E-state index in [1.54, 1.807) is 19.1 Å². The monoisotopic (exact) mass is 321 g/mol. The summed E-state index contributed by atoms with van der Waals surface area (Å²) in [5.41, 5.74) is 2.43. The topological polar surface area (TPSA) is 46.2 Å². The van der Waals surface area contributed by atoms with Gasteiger partial charge in [-0.05, 0) is 29.7 Å². The fourth-order valence-electron chi connectivity index (χ4n) is 2.32. The number of sulfone groups is 1. The second-order valence-electron chi connectivity index (χ2n) is 5.52. The Kier molecular flexibility index (Phi) is 5.32. The molecule has 22 heavy (non-hydrogen) atoms. The van der Waals surface area contributed by atoms with E-state index in [-0.39, 0.29) is 17.6 Å². The number of rotatable bonds is 6. The van der Waals surface area contributed by atoms with Crippen LogP contribution in [0.2, 0.25) is 0 Å². The Morgan fingerprint density at radius 3 is 2.41 bits per heavy atom. The maximum Gasteiger partial charge on any atom is 0.149 e. The zero-order chi connectivity index (χ0) is 16.2. The molecule has 0 saturated carbocycles. The van der Waals surface area contributed by atoms with E-state index >= 15 is 0 Å². The van der Waals surface area contributed by atoms with E-state index in [0.717, 1.165) is 11.1 Å². The Balaban J connectivity index is 2.14. The van der Waals surface area contributed by atoms with Crippen molar-refractivity contribution in [2.45, 2.75) is 19.5 Å². The zero-order valence-electron chi connectivity index (χ0n) is 12.7. The molecule has 0 radical (unpaired) electrons. The van der Waals surface area contributed by atoms with Crippen molar-refractivity contribution in [1.82, 2.24) is 5.32 Å². The number of hydrogen-bond acceptors (Lipinski definition) is 3. The Hall–Kier alpha value is -1.72. The van der Waals surface area contributed by atoms with Crippen molar-refractivity contribution in [2.24, 2.45) is 0 Å². The van der Waals surface area contributed by atoms with Crippen molar-refractivity contribution in [2.75, 3.05) is 12.0 Å². The highest BCUT2D eigenvalue weighted by Gasteiger charge is 2.17. The summed E-state index contributed by atoms with van der Waals surface area (Å²) in [6.07, 6.45) is 1.23. The fraction of sp³-hybridized carbons (Fsp3) is 0.294. The molecule has 0 amide bonds. The average molecular weight is 321 g/mol. The van der Waals surface area contributed by atoms with Crippen LogP contribution in [-0.2, 0) is 16.4 Å². The fourth-order valence-corrected chi connectivity index (χ4v) is 3.23. The largest absolute Gasteiger partial charge is 0.305 e. The van der Waals surface area contributed by atoms with Crippen LogP contribution in [0.15, 0.2) is 48.5 Å². The number of benzene rings is 2. The molecule has 2 aromatic carbocycles. The van der Waals surface area contributed by atoms with Crippen molar-refractivity contribution < 1.29 is 12.8 Å². The molecule has 0 heterocycles. The van der Waals surface area contributed by atoms with Gasteiger partial charge in [-0.3, -0.25) is 0 Å². The highest BCUT2D eigenvalue weighted by Crippen LogP contribution is 2.16. The van der Waals surface area contributed by atoms with Gasteiger partial charge in [-0.1, -0.05) is 42.5 Å². The number of hydrogen-bond donors (Lipinski definition) is 1. The molecule has 0 aromatic heterocycles. The lowest BCUT2D eigenvalue weighted by atomic mass is 10.1. The van der Waals surface area contributed by atoms with Crippen LogP contribution >= 0.6 is 0 Å². The predicted octanol–water partition coefficient (Wildman–Crippen LogP) is 3.01. The third-order valence-electron chi connectivity index (χ3n) is 3.45. The van der Waals surface area contributed by atoms with Gasteiger partial charge in [-0.25, -0.2) is 12.8 Å². The first-order chi connectivity index (χ1) is 10.3. The van der Waals surface area contributed by atoms with Crippen molar-refractivity contribution in [3.63, 3.8) is 0 Å². The van der Waals surface area contributed by atoms with Crippen molar-refractivity contribution in [3.8, 4) is 0 Å². The van der Waals surface area contributed by atoms with Crippen molar-refractivity contribution in [1.29, 1.82) is 0 Å². The lowest BCUT2D eigenvalue weighted by Gasteiger charge is -2.18. The van der Waals surface area contributed by atoms with E-state index in [1.807, 2.05) is 30.3 Å². The second-order valence-corrected chi connectivity index (χ2v) is 7.70. The van der Waals surface area contributed by atoms with Gasteiger partial charge in [-0.2, -0.15) is 0 Å². The SMILES string of the molecule is Cc1cc(CN[C@@H](CS(C)(=O)=O)c2ccccc2)ccc1F. The van der Waals surface area contributed by atoms with Gasteiger partial charge < -0.3 is 5.32 Å². The van der Waals surface area contributed by atoms with Gasteiger partial charge in [0.15, 0.2) is 0 Å². The molecule has 2 aromatic rings. The minimum atomic E-state index is -3.11. The zero-order valence-corrected chi connectivity index (χ0v) is 13.5. The summed E-state index contributed by atoms with van der Waals surface area (Å²) in [5, 5.41) is 3.25. The summed E-state index contributed by atoms with van der Waals surface area (Å²) in [7, 11) is -3.11. The molecule has 0 aliphatic rings. The highest BCUT2D eigenvalue weighted by molar-refractivity contribution is 7.90. The van der Waals surface area contributed by atoms with Gasteiger partial charge in [-0.15, -0.1) is 0 Å². The van der Waals surface area contributed by atoms with E-state index in [1.165, 1.54) is 12.3 Å². The summed E-state index contributed by atoms with van der Waals surface area (Å²) < 4.78 is 36.6. The van der Waals surface area contributed by atoms with Gasteiger partial charge in [0.05, 0.1) is 5.75 Å². The molecule has 0 spiro atoms. The van der Waals surface area contributed by atoms with Gasteiger partial charge in [0.25, 0.3) is 0 Å². The summed E-state index contributed by atoms with van der Waals surface area (Å²) in [6.45, 7) is 2.19. The quantitative estimate of drug-likeness (QED) is 0.889. The smallest absolute Gasteiger partial charge is 0.149 e. The number of halogens is 1. The van der Waals surface area contributed by atoms with E-state index in [2.05, 4.69) is 5.32 Å². The van der Waals surface area contributed by atoms with Gasteiger partial charge >= 0.3 is 0 Å². The van der Waals surface area contributed by atoms with Crippen LogP contribution < -0.4 is 5.32 Å². The van der Waals surface area contributed by atoms with Crippen LogP contribution in [0.5, 0.6) is 0 Å². The minimum Gasteiger partial charge on any atom is -0.305 e. The predicted molar refractivity (Wildman–Crippen MR) is 86.9 cm³/mol. The van der Waals surface area contributed by atoms with Crippen molar-refractivity contribution >= 4 is 9.84 Å². The minimum absolute atomic E-state index is 0.0250. The lowest BCUT2D eigenvalue weighted by Crippen LogP contribution is -2.27. The Morgan fingerprint density at radius 1 is 1.14 bits per heavy atom. The van der Waals surface area contributed by atoms with Crippen LogP contribution in [0.25, 0.3) is 0 Å². The maximum atomic E-state index is 13.3.